The van der Waals surface area contributed by atoms with Crippen molar-refractivity contribution in [1.82, 2.24) is 5.32 Å². The zero-order valence-electron chi connectivity index (χ0n) is 21.5. The molecule has 0 aliphatic carbocycles. The molecule has 3 aromatic rings. The molecule has 0 atom stereocenters. The Hall–Kier alpha value is -4.44. The average Bonchev–Trinajstić information content (AvgIpc) is 2.89. The average molecular weight is 592 g/mol. The Kier molecular flexibility index (Phi) is 8.46. The van der Waals surface area contributed by atoms with E-state index in [1.54, 1.807) is 62.4 Å². The molecule has 39 heavy (non-hydrogen) atoms. The molecule has 10 heteroatoms. The summed E-state index contributed by atoms with van der Waals surface area (Å²) in [6, 6.07) is 16.6. The van der Waals surface area contributed by atoms with Gasteiger partial charge in [0.25, 0.3) is 17.7 Å². The van der Waals surface area contributed by atoms with Crippen LogP contribution in [-0.4, -0.2) is 37.0 Å². The molecular weight excluding hydrogens is 566 g/mol. The Labute approximate surface area is 233 Å². The number of barbiturate groups is 1. The second-order valence-electron chi connectivity index (χ2n) is 8.70. The van der Waals surface area contributed by atoms with Crippen LogP contribution in [0.5, 0.6) is 11.5 Å². The monoisotopic (exact) mass is 591 g/mol. The van der Waals surface area contributed by atoms with Gasteiger partial charge in [0.2, 0.25) is 0 Å². The first-order valence-corrected chi connectivity index (χ1v) is 12.9. The number of carbonyl (C=O) groups is 4. The van der Waals surface area contributed by atoms with Crippen LogP contribution in [-0.2, 0) is 14.4 Å². The lowest BCUT2D eigenvalue weighted by Gasteiger charge is -2.27. The van der Waals surface area contributed by atoms with E-state index in [9.17, 15) is 19.2 Å². The third-order valence-electron chi connectivity index (χ3n) is 5.81. The molecule has 4 rings (SSSR count). The normalized spacial score (nSPS) is 14.3. The van der Waals surface area contributed by atoms with Crippen LogP contribution in [0, 0.1) is 13.8 Å². The number of nitrogens with one attached hydrogen (secondary N) is 2. The number of nitrogens with zero attached hydrogens (tertiary/aromatic N) is 1. The van der Waals surface area contributed by atoms with E-state index in [1.165, 1.54) is 6.08 Å². The Morgan fingerprint density at radius 1 is 1.00 bits per heavy atom. The minimum Gasteiger partial charge on any atom is -0.490 e. The van der Waals surface area contributed by atoms with Crippen molar-refractivity contribution in [3.8, 4) is 11.5 Å². The van der Waals surface area contributed by atoms with Gasteiger partial charge < -0.3 is 14.8 Å². The van der Waals surface area contributed by atoms with Crippen molar-refractivity contribution >= 4 is 57.1 Å². The van der Waals surface area contributed by atoms with E-state index >= 15 is 0 Å². The molecule has 2 N–H and O–H groups in total. The van der Waals surface area contributed by atoms with Gasteiger partial charge >= 0.3 is 6.03 Å². The largest absolute Gasteiger partial charge is 0.490 e. The van der Waals surface area contributed by atoms with Gasteiger partial charge in [0.1, 0.15) is 5.57 Å². The summed E-state index contributed by atoms with van der Waals surface area (Å²) < 4.78 is 11.9. The number of rotatable bonds is 8. The van der Waals surface area contributed by atoms with Gasteiger partial charge in [-0.05, 0) is 68.3 Å². The minimum absolute atomic E-state index is 0.229. The molecule has 0 unspecified atom stereocenters. The molecule has 200 valence electrons. The van der Waals surface area contributed by atoms with Crippen LogP contribution >= 0.6 is 15.9 Å². The van der Waals surface area contributed by atoms with Crippen molar-refractivity contribution in [1.29, 1.82) is 0 Å². The summed E-state index contributed by atoms with van der Waals surface area (Å²) in [6.07, 6.45) is 1.37. The highest BCUT2D eigenvalue weighted by Gasteiger charge is 2.37. The number of benzene rings is 3. The first kappa shape index (κ1) is 27.6. The van der Waals surface area contributed by atoms with Crippen LogP contribution in [0.25, 0.3) is 6.08 Å². The molecule has 0 spiro atoms. The quantitative estimate of drug-likeness (QED) is 0.277. The number of hydrogen-bond acceptors (Lipinski definition) is 6. The van der Waals surface area contributed by atoms with E-state index < -0.39 is 17.8 Å². The Morgan fingerprint density at radius 2 is 1.69 bits per heavy atom. The molecule has 0 saturated carbocycles. The lowest BCUT2D eigenvalue weighted by Crippen LogP contribution is -2.54. The van der Waals surface area contributed by atoms with Gasteiger partial charge in [-0.15, -0.1) is 0 Å². The Morgan fingerprint density at radius 3 is 2.38 bits per heavy atom. The number of ether oxygens (including phenoxy) is 2. The maximum absolute atomic E-state index is 13.3. The zero-order valence-corrected chi connectivity index (χ0v) is 23.1. The lowest BCUT2D eigenvalue weighted by atomic mass is 10.1. The molecule has 1 aliphatic rings. The highest BCUT2D eigenvalue weighted by molar-refractivity contribution is 9.10. The van der Waals surface area contributed by atoms with E-state index in [2.05, 4.69) is 26.6 Å². The molecule has 1 fully saturated rings. The van der Waals surface area contributed by atoms with Gasteiger partial charge in [0, 0.05) is 10.2 Å². The number of para-hydroxylation sites is 1. The summed E-state index contributed by atoms with van der Waals surface area (Å²) >= 11 is 3.45. The summed E-state index contributed by atoms with van der Waals surface area (Å²) in [4.78, 5) is 51.8. The SMILES string of the molecule is CCOc1cc(/C=C2\C(=O)NC(=O)N(c3ccccc3C)C2=O)c(Br)cc1OCC(=O)Nc1ccc(C)cc1. The van der Waals surface area contributed by atoms with Crippen LogP contribution in [0.1, 0.15) is 23.6 Å². The van der Waals surface area contributed by atoms with E-state index in [4.69, 9.17) is 9.47 Å². The Balaban J connectivity index is 1.58. The predicted octanol–water partition coefficient (Wildman–Crippen LogP) is 5.15. The molecule has 5 amide bonds. The van der Waals surface area contributed by atoms with Crippen molar-refractivity contribution < 1.29 is 28.7 Å². The minimum atomic E-state index is -0.821. The van der Waals surface area contributed by atoms with E-state index in [-0.39, 0.29) is 18.1 Å². The summed E-state index contributed by atoms with van der Waals surface area (Å²) in [5.74, 6) is -1.31. The molecule has 9 nitrogen and oxygen atoms in total. The highest BCUT2D eigenvalue weighted by atomic mass is 79.9. The fraction of sp³-hybridized carbons (Fsp3) is 0.172. The number of hydrogen-bond donors (Lipinski definition) is 2. The summed E-state index contributed by atoms with van der Waals surface area (Å²) in [6.45, 7) is 5.55. The summed E-state index contributed by atoms with van der Waals surface area (Å²) in [5.41, 5.74) is 3.01. The van der Waals surface area contributed by atoms with Crippen molar-refractivity contribution in [3.05, 3.63) is 87.4 Å². The second-order valence-corrected chi connectivity index (χ2v) is 9.56. The fourth-order valence-electron chi connectivity index (χ4n) is 3.87. The first-order chi connectivity index (χ1) is 18.7. The number of urea groups is 1. The van der Waals surface area contributed by atoms with Gasteiger partial charge in [0.05, 0.1) is 12.3 Å². The van der Waals surface area contributed by atoms with E-state index in [0.29, 0.717) is 45.1 Å². The number of aryl methyl sites for hydroxylation is 2. The number of anilines is 2. The standard InChI is InChI=1S/C29H26BrN3O6/c1-4-38-24-14-19(22(30)15-25(24)39-16-26(34)31-20-11-9-17(2)10-12-20)13-21-27(35)32-29(37)33(28(21)36)23-8-6-5-7-18(23)3/h5-15H,4,16H2,1-3H3,(H,31,34)(H,32,35,37)/b21-13+. The lowest BCUT2D eigenvalue weighted by molar-refractivity contribution is -0.122. The third-order valence-corrected chi connectivity index (χ3v) is 6.50. The van der Waals surface area contributed by atoms with Gasteiger partial charge in [-0.25, -0.2) is 9.69 Å². The Bertz CT molecular complexity index is 1480. The smallest absolute Gasteiger partial charge is 0.335 e. The van der Waals surface area contributed by atoms with Crippen molar-refractivity contribution in [2.45, 2.75) is 20.8 Å². The molecule has 0 aromatic heterocycles. The zero-order chi connectivity index (χ0) is 28.1. The number of carbonyl (C=O) groups excluding carboxylic acids is 4. The summed E-state index contributed by atoms with van der Waals surface area (Å²) in [5, 5.41) is 4.99. The number of imide groups is 2. The van der Waals surface area contributed by atoms with E-state index in [1.807, 2.05) is 19.1 Å². The van der Waals surface area contributed by atoms with Gasteiger partial charge in [-0.2, -0.15) is 0 Å². The molecule has 1 aliphatic heterocycles. The first-order valence-electron chi connectivity index (χ1n) is 12.1. The molecular formula is C29H26BrN3O6. The van der Waals surface area contributed by atoms with Crippen LogP contribution in [0.15, 0.2) is 70.7 Å². The third kappa shape index (κ3) is 6.35. The van der Waals surface area contributed by atoms with E-state index in [0.717, 1.165) is 10.5 Å². The maximum atomic E-state index is 13.3. The van der Waals surface area contributed by atoms with Crippen molar-refractivity contribution in [3.63, 3.8) is 0 Å². The highest BCUT2D eigenvalue weighted by Crippen LogP contribution is 2.36. The molecule has 3 aromatic carbocycles. The van der Waals surface area contributed by atoms with Crippen LogP contribution in [0.4, 0.5) is 16.2 Å². The molecule has 0 radical (unpaired) electrons. The topological polar surface area (TPSA) is 114 Å². The fourth-order valence-corrected chi connectivity index (χ4v) is 4.30. The van der Waals surface area contributed by atoms with Crippen LogP contribution in [0.2, 0.25) is 0 Å². The molecule has 1 heterocycles. The number of amides is 5. The molecule has 1 saturated heterocycles. The second kappa shape index (κ2) is 12.0. The van der Waals surface area contributed by atoms with Crippen molar-refractivity contribution in [2.24, 2.45) is 0 Å². The van der Waals surface area contributed by atoms with Crippen LogP contribution < -0.4 is 25.0 Å². The van der Waals surface area contributed by atoms with Gasteiger partial charge in [-0.1, -0.05) is 51.8 Å². The van der Waals surface area contributed by atoms with Gasteiger partial charge in [0.15, 0.2) is 18.1 Å². The van der Waals surface area contributed by atoms with Crippen molar-refractivity contribution in [2.75, 3.05) is 23.4 Å². The van der Waals surface area contributed by atoms with Crippen LogP contribution in [0.3, 0.4) is 0 Å². The summed E-state index contributed by atoms with van der Waals surface area (Å²) in [7, 11) is 0. The predicted molar refractivity (Wildman–Crippen MR) is 151 cm³/mol. The molecule has 0 bridgehead atoms. The maximum Gasteiger partial charge on any atom is 0.335 e. The van der Waals surface area contributed by atoms with Gasteiger partial charge in [-0.3, -0.25) is 19.7 Å². The number of halogens is 1.